The molecule has 4 rings (SSSR count). The molecule has 0 spiro atoms. The summed E-state index contributed by atoms with van der Waals surface area (Å²) in [5.41, 5.74) is 4.69. The molecule has 0 atom stereocenters. The Balaban J connectivity index is 1.70. The number of carbonyl (C=O) groups is 1. The lowest BCUT2D eigenvalue weighted by molar-refractivity contribution is 0.102. The van der Waals surface area contributed by atoms with Gasteiger partial charge in [-0.1, -0.05) is 30.0 Å². The minimum absolute atomic E-state index is 0.0619. The fraction of sp³-hybridized carbons (Fsp3) is 0.240. The van der Waals surface area contributed by atoms with E-state index in [-0.39, 0.29) is 11.5 Å². The molecule has 0 radical (unpaired) electrons. The van der Waals surface area contributed by atoms with Crippen molar-refractivity contribution >= 4 is 28.9 Å². The number of ether oxygens (including phenoxy) is 1. The highest BCUT2D eigenvalue weighted by Crippen LogP contribution is 2.35. The average molecular weight is 479 g/mol. The number of aromatic nitrogens is 4. The molecule has 3 heterocycles. The third-order valence-corrected chi connectivity index (χ3v) is 7.26. The highest BCUT2D eigenvalue weighted by molar-refractivity contribution is 7.99. The molecule has 3 aromatic heterocycles. The molecule has 0 bridgehead atoms. The third kappa shape index (κ3) is 4.54. The quantitative estimate of drug-likeness (QED) is 0.170. The van der Waals surface area contributed by atoms with Crippen LogP contribution in [0, 0.1) is 20.8 Å². The Bertz CT molecular complexity index is 1300. The molecule has 0 amide bonds. The lowest BCUT2D eigenvalue weighted by Gasteiger charge is -2.14. The first-order chi connectivity index (χ1) is 15.9. The summed E-state index contributed by atoms with van der Waals surface area (Å²) in [7, 11) is 1.65. The fourth-order valence-electron chi connectivity index (χ4n) is 3.82. The van der Waals surface area contributed by atoms with Gasteiger partial charge in [-0.2, -0.15) is 0 Å². The molecule has 0 aliphatic heterocycles. The number of thiophene rings is 1. The summed E-state index contributed by atoms with van der Waals surface area (Å²) in [5, 5.41) is 11.6. The summed E-state index contributed by atoms with van der Waals surface area (Å²) >= 11 is 2.98. The van der Waals surface area contributed by atoms with Crippen LogP contribution < -0.4 is 4.74 Å². The summed E-state index contributed by atoms with van der Waals surface area (Å²) in [5.74, 6) is 1.77. The Morgan fingerprint density at radius 2 is 2.03 bits per heavy atom. The van der Waals surface area contributed by atoms with Crippen molar-refractivity contribution in [1.82, 2.24) is 19.3 Å². The smallest absolute Gasteiger partial charge is 0.196 e. The Labute approximate surface area is 201 Å². The van der Waals surface area contributed by atoms with Gasteiger partial charge in [-0.25, -0.2) is 0 Å². The van der Waals surface area contributed by atoms with Crippen molar-refractivity contribution in [3.05, 3.63) is 76.9 Å². The molecule has 0 fully saturated rings. The van der Waals surface area contributed by atoms with Gasteiger partial charge in [0.15, 0.2) is 16.8 Å². The van der Waals surface area contributed by atoms with Gasteiger partial charge >= 0.3 is 0 Å². The maximum atomic E-state index is 13.1. The van der Waals surface area contributed by atoms with E-state index < -0.39 is 0 Å². The second-order valence-electron chi connectivity index (χ2n) is 7.69. The molecule has 170 valence electrons. The van der Waals surface area contributed by atoms with Crippen molar-refractivity contribution in [3.63, 3.8) is 0 Å². The van der Waals surface area contributed by atoms with E-state index in [0.717, 1.165) is 44.7 Å². The van der Waals surface area contributed by atoms with Gasteiger partial charge in [-0.3, -0.25) is 9.36 Å². The van der Waals surface area contributed by atoms with Crippen molar-refractivity contribution in [3.8, 4) is 22.1 Å². The number of benzene rings is 1. The number of hydrogen-bond acceptors (Lipinski definition) is 6. The fourth-order valence-corrected chi connectivity index (χ4v) is 5.35. The molecule has 0 unspecified atom stereocenters. The Kier molecular flexibility index (Phi) is 6.85. The van der Waals surface area contributed by atoms with Crippen LogP contribution in [0.25, 0.3) is 16.4 Å². The molecule has 0 aliphatic carbocycles. The van der Waals surface area contributed by atoms with Gasteiger partial charge in [0.2, 0.25) is 0 Å². The molecular weight excluding hydrogens is 452 g/mol. The van der Waals surface area contributed by atoms with Gasteiger partial charge in [0, 0.05) is 23.5 Å². The van der Waals surface area contributed by atoms with Crippen LogP contribution in [0.3, 0.4) is 0 Å². The first-order valence-corrected chi connectivity index (χ1v) is 12.4. The number of nitrogens with zero attached hydrogens (tertiary/aromatic N) is 4. The van der Waals surface area contributed by atoms with Crippen molar-refractivity contribution in [1.29, 1.82) is 0 Å². The van der Waals surface area contributed by atoms with Gasteiger partial charge < -0.3 is 9.30 Å². The van der Waals surface area contributed by atoms with E-state index in [4.69, 9.17) is 4.74 Å². The van der Waals surface area contributed by atoms with Gasteiger partial charge in [-0.05, 0) is 56.0 Å². The van der Waals surface area contributed by atoms with Crippen LogP contribution in [0.4, 0.5) is 0 Å². The van der Waals surface area contributed by atoms with Gasteiger partial charge in [0.25, 0.3) is 0 Å². The maximum Gasteiger partial charge on any atom is 0.196 e. The first-order valence-electron chi connectivity index (χ1n) is 10.5. The van der Waals surface area contributed by atoms with E-state index in [1.807, 2.05) is 73.2 Å². The van der Waals surface area contributed by atoms with Crippen LogP contribution >= 0.6 is 23.1 Å². The van der Waals surface area contributed by atoms with Crippen LogP contribution in [-0.4, -0.2) is 38.0 Å². The second kappa shape index (κ2) is 9.80. The maximum absolute atomic E-state index is 13.1. The summed E-state index contributed by atoms with van der Waals surface area (Å²) in [6.45, 7) is 10.5. The lowest BCUT2D eigenvalue weighted by atomic mass is 10.2. The second-order valence-corrected chi connectivity index (χ2v) is 9.58. The van der Waals surface area contributed by atoms with Crippen molar-refractivity contribution in [2.45, 2.75) is 32.5 Å². The number of rotatable bonds is 9. The summed E-state index contributed by atoms with van der Waals surface area (Å²) in [6.07, 6.45) is 1.84. The van der Waals surface area contributed by atoms with Crippen LogP contribution in [0.2, 0.25) is 0 Å². The number of methoxy groups -OCH3 is 1. The molecule has 1 aromatic carbocycles. The van der Waals surface area contributed by atoms with E-state index in [2.05, 4.69) is 21.3 Å². The topological polar surface area (TPSA) is 61.9 Å². The van der Waals surface area contributed by atoms with E-state index in [1.54, 1.807) is 18.4 Å². The predicted molar refractivity (Wildman–Crippen MR) is 135 cm³/mol. The van der Waals surface area contributed by atoms with E-state index >= 15 is 0 Å². The molecule has 0 saturated heterocycles. The van der Waals surface area contributed by atoms with Gasteiger partial charge in [0.1, 0.15) is 5.75 Å². The van der Waals surface area contributed by atoms with Crippen LogP contribution in [-0.2, 0) is 6.54 Å². The zero-order valence-corrected chi connectivity index (χ0v) is 20.8. The van der Waals surface area contributed by atoms with E-state index in [1.165, 1.54) is 11.8 Å². The molecular formula is C25H26N4O2S2. The molecule has 33 heavy (non-hydrogen) atoms. The minimum Gasteiger partial charge on any atom is -0.495 e. The largest absolute Gasteiger partial charge is 0.495 e. The Morgan fingerprint density at radius 3 is 2.73 bits per heavy atom. The minimum atomic E-state index is 0.0619. The van der Waals surface area contributed by atoms with Crippen molar-refractivity contribution in [2.24, 2.45) is 0 Å². The normalized spacial score (nSPS) is 11.0. The molecule has 0 N–H and O–H groups in total. The summed E-state index contributed by atoms with van der Waals surface area (Å²) in [4.78, 5) is 14.1. The highest BCUT2D eigenvalue weighted by atomic mass is 32.2. The third-order valence-electron chi connectivity index (χ3n) is 5.47. The predicted octanol–water partition coefficient (Wildman–Crippen LogP) is 5.89. The SMILES string of the molecule is C=CCn1c(C)cc(C(=O)CSc2nnc(-c3cccs3)n2-c2cc(C)ccc2OC)c1C. The Morgan fingerprint density at radius 1 is 1.21 bits per heavy atom. The number of carbonyl (C=O) groups excluding carboxylic acids is 1. The van der Waals surface area contributed by atoms with E-state index in [9.17, 15) is 4.79 Å². The van der Waals surface area contributed by atoms with Crippen LogP contribution in [0.15, 0.2) is 59.6 Å². The van der Waals surface area contributed by atoms with Crippen LogP contribution in [0.5, 0.6) is 5.75 Å². The number of thioether (sulfide) groups is 1. The molecule has 8 heteroatoms. The number of ketones is 1. The number of aryl methyl sites for hydroxylation is 2. The Hall–Kier alpha value is -3.10. The lowest BCUT2D eigenvalue weighted by Crippen LogP contribution is -2.08. The van der Waals surface area contributed by atoms with Gasteiger partial charge in [0.05, 0.1) is 23.4 Å². The standard InChI is InChI=1S/C25H26N4O2S2/c1-6-11-28-17(3)14-19(18(28)4)21(30)15-33-25-27-26-24(23-8-7-12-32-23)29(25)20-13-16(2)9-10-22(20)31-5/h6-10,12-14H,1,11,15H2,2-5H3. The zero-order valence-electron chi connectivity index (χ0n) is 19.2. The number of hydrogen-bond donors (Lipinski definition) is 0. The summed E-state index contributed by atoms with van der Waals surface area (Å²) in [6, 6.07) is 12.0. The zero-order chi connectivity index (χ0) is 23.5. The first kappa shape index (κ1) is 23.1. The molecule has 0 saturated carbocycles. The molecule has 0 aliphatic rings. The van der Waals surface area contributed by atoms with Gasteiger partial charge in [-0.15, -0.1) is 28.1 Å². The molecule has 4 aromatic rings. The van der Waals surface area contributed by atoms with Crippen LogP contribution in [0.1, 0.15) is 27.3 Å². The average Bonchev–Trinajstić information content (AvgIpc) is 3.53. The number of allylic oxidation sites excluding steroid dienone is 1. The molecule has 6 nitrogen and oxygen atoms in total. The highest BCUT2D eigenvalue weighted by Gasteiger charge is 2.22. The van der Waals surface area contributed by atoms with Crippen molar-refractivity contribution < 1.29 is 9.53 Å². The van der Waals surface area contributed by atoms with E-state index in [0.29, 0.717) is 11.7 Å². The summed E-state index contributed by atoms with van der Waals surface area (Å²) < 4.78 is 9.72. The van der Waals surface area contributed by atoms with Crippen molar-refractivity contribution in [2.75, 3.05) is 12.9 Å². The monoisotopic (exact) mass is 478 g/mol. The number of Topliss-reactive ketones (excluding diaryl/α,β-unsaturated/α-hetero) is 1.